The van der Waals surface area contributed by atoms with E-state index >= 15 is 0 Å². The van der Waals surface area contributed by atoms with Gasteiger partial charge < -0.3 is 19.3 Å². The van der Waals surface area contributed by atoms with Gasteiger partial charge in [0.15, 0.2) is 0 Å². The minimum atomic E-state index is 0. The standard InChI is InChI=1S/C4H9.ClH.GeH4.Mg/c1-3-4-2;;;/h1,3-4H2,2H3;1H;1H4;/q-1;;;+2/p-1. The monoisotopic (exact) mass is 194 g/mol. The Morgan fingerprint density at radius 1 is 1.43 bits per heavy atom. The smallest absolute Gasteiger partial charge is 2.00 e. The molecule has 0 heterocycles. The van der Waals surface area contributed by atoms with E-state index in [1.54, 1.807) is 0 Å². The molecule has 0 rings (SSSR count). The van der Waals surface area contributed by atoms with Crippen LogP contribution in [0.25, 0.3) is 0 Å². The zero-order chi connectivity index (χ0) is 3.41. The summed E-state index contributed by atoms with van der Waals surface area (Å²) >= 11 is 0. The zero-order valence-electron chi connectivity index (χ0n) is 4.21. The molecule has 7 heavy (non-hydrogen) atoms. The van der Waals surface area contributed by atoms with Gasteiger partial charge in [-0.2, -0.15) is 6.42 Å². The summed E-state index contributed by atoms with van der Waals surface area (Å²) in [6, 6.07) is 0. The van der Waals surface area contributed by atoms with Crippen molar-refractivity contribution in [2.45, 2.75) is 19.8 Å². The second-order valence-corrected chi connectivity index (χ2v) is 0.854. The van der Waals surface area contributed by atoms with Crippen LogP contribution in [0.5, 0.6) is 0 Å². The molecule has 0 atom stereocenters. The Kier molecular flexibility index (Phi) is 85.7. The van der Waals surface area contributed by atoms with Crippen molar-refractivity contribution in [3.05, 3.63) is 6.92 Å². The van der Waals surface area contributed by atoms with E-state index in [1.807, 2.05) is 0 Å². The van der Waals surface area contributed by atoms with Crippen LogP contribution in [0, 0.1) is 6.92 Å². The second-order valence-electron chi connectivity index (χ2n) is 0.854. The van der Waals surface area contributed by atoms with E-state index < -0.39 is 0 Å². The minimum absolute atomic E-state index is 0. The summed E-state index contributed by atoms with van der Waals surface area (Å²) in [7, 11) is 0. The fourth-order valence-corrected chi connectivity index (χ4v) is 0. The van der Waals surface area contributed by atoms with Crippen LogP contribution in [0.1, 0.15) is 19.8 Å². The molecule has 0 aliphatic rings. The summed E-state index contributed by atoms with van der Waals surface area (Å²) in [5.74, 6) is 0. The third-order valence-corrected chi connectivity index (χ3v) is 0.354. The molecule has 0 nitrogen and oxygen atoms in total. The first kappa shape index (κ1) is 23.5. The minimum Gasteiger partial charge on any atom is 2.00 e. The topological polar surface area (TPSA) is 0 Å². The molecule has 0 saturated carbocycles. The molecular formula is C4H13ClGeMg. The van der Waals surface area contributed by atoms with Gasteiger partial charge in [-0.15, -0.1) is 0 Å². The van der Waals surface area contributed by atoms with Crippen LogP contribution < -0.4 is 12.4 Å². The quantitative estimate of drug-likeness (QED) is 0.304. The Morgan fingerprint density at radius 2 is 1.57 bits per heavy atom. The van der Waals surface area contributed by atoms with Crippen molar-refractivity contribution >= 4 is 40.6 Å². The molecule has 0 amide bonds. The Morgan fingerprint density at radius 3 is 1.57 bits per heavy atom. The van der Waals surface area contributed by atoms with Crippen molar-refractivity contribution in [2.75, 3.05) is 0 Å². The molecule has 0 aromatic rings. The molecule has 0 fully saturated rings. The summed E-state index contributed by atoms with van der Waals surface area (Å²) in [4.78, 5) is 0. The van der Waals surface area contributed by atoms with Gasteiger partial charge in [-0.3, -0.25) is 0 Å². The summed E-state index contributed by atoms with van der Waals surface area (Å²) in [6.45, 7) is 5.72. The van der Waals surface area contributed by atoms with Gasteiger partial charge >= 0.3 is 40.6 Å². The van der Waals surface area contributed by atoms with Crippen LogP contribution in [0.15, 0.2) is 0 Å². The molecule has 42 valence electrons. The summed E-state index contributed by atoms with van der Waals surface area (Å²) < 4.78 is 0. The van der Waals surface area contributed by atoms with Gasteiger partial charge in [-0.05, 0) is 0 Å². The molecule has 0 N–H and O–H groups in total. The molecule has 0 aliphatic heterocycles. The van der Waals surface area contributed by atoms with Gasteiger partial charge in [0.05, 0.1) is 0 Å². The van der Waals surface area contributed by atoms with Gasteiger partial charge in [-0.25, -0.2) is 0 Å². The maximum absolute atomic E-state index is 3.60. The summed E-state index contributed by atoms with van der Waals surface area (Å²) in [6.07, 6.45) is 2.28. The van der Waals surface area contributed by atoms with Crippen LogP contribution in [0.2, 0.25) is 0 Å². The van der Waals surface area contributed by atoms with Crippen molar-refractivity contribution in [1.29, 1.82) is 0 Å². The van der Waals surface area contributed by atoms with Crippen molar-refractivity contribution in [3.63, 3.8) is 0 Å². The average molecular weight is 194 g/mol. The van der Waals surface area contributed by atoms with Gasteiger partial charge in [0.2, 0.25) is 0 Å². The van der Waals surface area contributed by atoms with E-state index in [1.165, 1.54) is 6.42 Å². The van der Waals surface area contributed by atoms with Crippen molar-refractivity contribution < 1.29 is 12.4 Å². The van der Waals surface area contributed by atoms with Gasteiger partial charge in [0, 0.05) is 0 Å². The molecule has 0 unspecified atom stereocenters. The Balaban J connectivity index is -0.0000000150. The molecule has 0 spiro atoms. The molecular weight excluding hydrogens is 180 g/mol. The predicted octanol–water partition coefficient (Wildman–Crippen LogP) is -3.21. The Labute approximate surface area is 79.4 Å². The van der Waals surface area contributed by atoms with Crippen LogP contribution in [0.4, 0.5) is 0 Å². The van der Waals surface area contributed by atoms with Crippen molar-refractivity contribution in [2.24, 2.45) is 0 Å². The van der Waals surface area contributed by atoms with E-state index in [2.05, 4.69) is 13.8 Å². The Hall–Kier alpha value is 1.60. The zero-order valence-corrected chi connectivity index (χ0v) is 6.38. The van der Waals surface area contributed by atoms with Crippen LogP contribution in [0.3, 0.4) is 0 Å². The van der Waals surface area contributed by atoms with Gasteiger partial charge in [0.1, 0.15) is 0 Å². The largest absolute Gasteiger partial charge is 2.00 e. The van der Waals surface area contributed by atoms with E-state index in [9.17, 15) is 0 Å². The molecule has 0 aromatic heterocycles. The van der Waals surface area contributed by atoms with E-state index in [4.69, 9.17) is 0 Å². The molecule has 0 aromatic carbocycles. The molecule has 0 bridgehead atoms. The fraction of sp³-hybridized carbons (Fsp3) is 0.750. The number of rotatable bonds is 1. The fourth-order valence-electron chi connectivity index (χ4n) is 0. The molecule has 0 aliphatic carbocycles. The summed E-state index contributed by atoms with van der Waals surface area (Å²) in [5, 5.41) is 0. The SMILES string of the molecule is [CH2-]CCC.[Cl-].[GeH4].[Mg+2]. The van der Waals surface area contributed by atoms with Crippen LogP contribution in [-0.4, -0.2) is 40.6 Å². The first-order valence-electron chi connectivity index (χ1n) is 1.71. The van der Waals surface area contributed by atoms with E-state index in [0.29, 0.717) is 0 Å². The van der Waals surface area contributed by atoms with Crippen molar-refractivity contribution in [3.8, 4) is 0 Å². The second kappa shape index (κ2) is 25.5. The predicted molar refractivity (Wildman–Crippen MR) is 37.4 cm³/mol. The van der Waals surface area contributed by atoms with E-state index in [0.717, 1.165) is 6.42 Å². The molecule has 0 radical (unpaired) electrons. The first-order chi connectivity index (χ1) is 1.91. The number of halogens is 1. The normalized spacial score (nSPS) is 4.29. The van der Waals surface area contributed by atoms with Crippen LogP contribution >= 0.6 is 0 Å². The summed E-state index contributed by atoms with van der Waals surface area (Å²) in [5.41, 5.74) is 0. The van der Waals surface area contributed by atoms with Gasteiger partial charge in [0.25, 0.3) is 0 Å². The Bertz CT molecular complexity index is 13.7. The third kappa shape index (κ3) is 35.3. The third-order valence-electron chi connectivity index (χ3n) is 0.354. The number of unbranched alkanes of at least 4 members (excludes halogenated alkanes) is 1. The molecule has 0 saturated heterocycles. The number of hydrogen-bond acceptors (Lipinski definition) is 0. The van der Waals surface area contributed by atoms with Crippen LogP contribution in [-0.2, 0) is 0 Å². The maximum atomic E-state index is 3.60. The van der Waals surface area contributed by atoms with E-state index in [-0.39, 0.29) is 53.1 Å². The maximum Gasteiger partial charge on any atom is 2.00 e. The number of hydrogen-bond donors (Lipinski definition) is 0. The first-order valence-corrected chi connectivity index (χ1v) is 1.71. The average Bonchev–Trinajstić information content (AvgIpc) is 1.37. The van der Waals surface area contributed by atoms with Crippen molar-refractivity contribution in [1.82, 2.24) is 0 Å². The molecule has 3 heteroatoms. The van der Waals surface area contributed by atoms with Gasteiger partial charge in [-0.1, -0.05) is 13.3 Å².